The number of aliphatic hydroxyl groups excluding tert-OH is 3. The van der Waals surface area contributed by atoms with E-state index in [2.05, 4.69) is 5.32 Å². The van der Waals surface area contributed by atoms with E-state index in [4.69, 9.17) is 15.3 Å². The zero-order valence-corrected chi connectivity index (χ0v) is 9.06. The van der Waals surface area contributed by atoms with E-state index in [0.717, 1.165) is 4.90 Å². The van der Waals surface area contributed by atoms with Crippen LogP contribution in [0.2, 0.25) is 0 Å². The summed E-state index contributed by atoms with van der Waals surface area (Å²) in [5.74, 6) is -0.713. The Balaban J connectivity index is 4.15. The molecule has 0 aliphatic carbocycles. The molecule has 0 aromatic heterocycles. The maximum Gasteiger partial charge on any atom is 0.324 e. The van der Waals surface area contributed by atoms with Crippen LogP contribution in [-0.2, 0) is 4.79 Å². The highest BCUT2D eigenvalue weighted by Crippen LogP contribution is 1.94. The van der Waals surface area contributed by atoms with E-state index in [0.29, 0.717) is 6.42 Å². The first kappa shape index (κ1) is 14.8. The molecule has 0 aromatic carbocycles. The summed E-state index contributed by atoms with van der Waals surface area (Å²) < 4.78 is 0. The van der Waals surface area contributed by atoms with Gasteiger partial charge in [-0.05, 0) is 12.8 Å². The van der Waals surface area contributed by atoms with Gasteiger partial charge in [0.2, 0.25) is 0 Å². The molecule has 0 spiro atoms. The van der Waals surface area contributed by atoms with Crippen LogP contribution in [0.4, 0.5) is 4.79 Å². The molecule has 94 valence electrons. The molecule has 4 N–H and O–H groups in total. The molecule has 0 heterocycles. The molecule has 0 rings (SSSR count). The largest absolute Gasteiger partial charge is 0.396 e. The van der Waals surface area contributed by atoms with E-state index in [-0.39, 0.29) is 32.7 Å². The van der Waals surface area contributed by atoms with Crippen LogP contribution in [0.25, 0.3) is 0 Å². The minimum absolute atomic E-state index is 0.0507. The standard InChI is InChI=1S/C9H18N2O5/c12-5-1-3-10-9(16)11(4-2-6-13)8(15)7-14/h12-14H,1-7H2,(H,10,16). The number of rotatable bonds is 7. The van der Waals surface area contributed by atoms with Crippen LogP contribution in [0.1, 0.15) is 12.8 Å². The zero-order chi connectivity index (χ0) is 12.4. The van der Waals surface area contributed by atoms with Crippen molar-refractivity contribution in [3.63, 3.8) is 0 Å². The summed E-state index contributed by atoms with van der Waals surface area (Å²) in [5.41, 5.74) is 0. The normalized spacial score (nSPS) is 9.94. The number of urea groups is 1. The van der Waals surface area contributed by atoms with Crippen molar-refractivity contribution in [3.05, 3.63) is 0 Å². The van der Waals surface area contributed by atoms with Crippen LogP contribution < -0.4 is 5.32 Å². The van der Waals surface area contributed by atoms with Crippen molar-refractivity contribution >= 4 is 11.9 Å². The first-order valence-electron chi connectivity index (χ1n) is 5.08. The average molecular weight is 234 g/mol. The Morgan fingerprint density at radius 3 is 2.19 bits per heavy atom. The molecule has 0 aromatic rings. The van der Waals surface area contributed by atoms with Crippen LogP contribution in [0, 0.1) is 0 Å². The zero-order valence-electron chi connectivity index (χ0n) is 9.06. The number of nitrogens with one attached hydrogen (secondary N) is 1. The van der Waals surface area contributed by atoms with Crippen LogP contribution in [0.5, 0.6) is 0 Å². The van der Waals surface area contributed by atoms with Gasteiger partial charge in [0.15, 0.2) is 0 Å². The van der Waals surface area contributed by atoms with Gasteiger partial charge in [0.1, 0.15) is 6.61 Å². The Morgan fingerprint density at radius 2 is 1.69 bits per heavy atom. The summed E-state index contributed by atoms with van der Waals surface area (Å²) in [6.45, 7) is -0.632. The van der Waals surface area contributed by atoms with Gasteiger partial charge in [-0.2, -0.15) is 0 Å². The molecule has 0 fully saturated rings. The van der Waals surface area contributed by atoms with Crippen LogP contribution in [0.15, 0.2) is 0 Å². The fourth-order valence-electron chi connectivity index (χ4n) is 1.02. The highest BCUT2D eigenvalue weighted by atomic mass is 16.3. The van der Waals surface area contributed by atoms with Gasteiger partial charge in [-0.1, -0.05) is 0 Å². The van der Waals surface area contributed by atoms with Gasteiger partial charge in [0.25, 0.3) is 5.91 Å². The molecule has 16 heavy (non-hydrogen) atoms. The minimum Gasteiger partial charge on any atom is -0.396 e. The topological polar surface area (TPSA) is 110 Å². The van der Waals surface area contributed by atoms with Crippen molar-refractivity contribution in [2.75, 3.05) is 32.9 Å². The third kappa shape index (κ3) is 5.64. The summed E-state index contributed by atoms with van der Waals surface area (Å²) in [4.78, 5) is 23.5. The average Bonchev–Trinajstić information content (AvgIpc) is 2.29. The number of hydrogen-bond acceptors (Lipinski definition) is 5. The summed E-state index contributed by atoms with van der Waals surface area (Å²) in [6, 6.07) is -0.624. The van der Waals surface area contributed by atoms with Gasteiger partial charge < -0.3 is 20.6 Å². The van der Waals surface area contributed by atoms with Crippen molar-refractivity contribution < 1.29 is 24.9 Å². The smallest absolute Gasteiger partial charge is 0.324 e. The molecule has 0 saturated carbocycles. The van der Waals surface area contributed by atoms with Crippen LogP contribution in [-0.4, -0.2) is 65.1 Å². The quantitative estimate of drug-likeness (QED) is 0.392. The van der Waals surface area contributed by atoms with Crippen molar-refractivity contribution in [2.45, 2.75) is 12.8 Å². The van der Waals surface area contributed by atoms with Crippen molar-refractivity contribution in [1.29, 1.82) is 0 Å². The molecule has 0 saturated heterocycles. The Morgan fingerprint density at radius 1 is 1.06 bits per heavy atom. The number of carbonyl (C=O) groups is 2. The second-order valence-electron chi connectivity index (χ2n) is 3.09. The molecular formula is C9H18N2O5. The van der Waals surface area contributed by atoms with Gasteiger partial charge in [0, 0.05) is 26.3 Å². The van der Waals surface area contributed by atoms with Gasteiger partial charge in [-0.25, -0.2) is 4.79 Å². The summed E-state index contributed by atoms with van der Waals surface area (Å²) >= 11 is 0. The van der Waals surface area contributed by atoms with Crippen molar-refractivity contribution in [1.82, 2.24) is 10.2 Å². The maximum absolute atomic E-state index is 11.4. The molecule has 7 heteroatoms. The van der Waals surface area contributed by atoms with Gasteiger partial charge in [-0.15, -0.1) is 0 Å². The molecule has 0 unspecified atom stereocenters. The number of imide groups is 1. The van der Waals surface area contributed by atoms with Gasteiger partial charge >= 0.3 is 6.03 Å². The molecule has 0 radical (unpaired) electrons. The van der Waals surface area contributed by atoms with Crippen LogP contribution in [0.3, 0.4) is 0 Å². The van der Waals surface area contributed by atoms with Crippen LogP contribution >= 0.6 is 0 Å². The van der Waals surface area contributed by atoms with E-state index < -0.39 is 18.5 Å². The molecule has 0 atom stereocenters. The monoisotopic (exact) mass is 234 g/mol. The highest BCUT2D eigenvalue weighted by molar-refractivity contribution is 5.94. The molecule has 7 nitrogen and oxygen atoms in total. The number of aliphatic hydroxyl groups is 3. The summed E-state index contributed by atoms with van der Waals surface area (Å²) in [7, 11) is 0. The molecular weight excluding hydrogens is 216 g/mol. The minimum atomic E-state index is -0.751. The molecule has 0 bridgehead atoms. The van der Waals surface area contributed by atoms with E-state index >= 15 is 0 Å². The third-order valence-corrected chi connectivity index (χ3v) is 1.83. The fourth-order valence-corrected chi connectivity index (χ4v) is 1.02. The Labute approximate surface area is 93.7 Å². The summed E-state index contributed by atoms with van der Waals surface area (Å²) in [5, 5.41) is 28.2. The Bertz CT molecular complexity index is 222. The second-order valence-corrected chi connectivity index (χ2v) is 3.09. The Kier molecular flexibility index (Phi) is 8.41. The first-order chi connectivity index (χ1) is 7.67. The van der Waals surface area contributed by atoms with Gasteiger partial charge in [-0.3, -0.25) is 9.69 Å². The van der Waals surface area contributed by atoms with Crippen molar-refractivity contribution in [3.8, 4) is 0 Å². The lowest BCUT2D eigenvalue weighted by molar-refractivity contribution is -0.131. The summed E-state index contributed by atoms with van der Waals surface area (Å²) in [6.07, 6.45) is 0.659. The van der Waals surface area contributed by atoms with E-state index in [1.165, 1.54) is 0 Å². The van der Waals surface area contributed by atoms with Crippen molar-refractivity contribution in [2.24, 2.45) is 0 Å². The number of amides is 3. The molecule has 0 aliphatic rings. The maximum atomic E-state index is 11.4. The fraction of sp³-hybridized carbons (Fsp3) is 0.778. The predicted octanol–water partition coefficient (Wildman–Crippen LogP) is -1.72. The molecule has 3 amide bonds. The highest BCUT2D eigenvalue weighted by Gasteiger charge is 2.19. The lowest BCUT2D eigenvalue weighted by Gasteiger charge is -2.19. The van der Waals surface area contributed by atoms with E-state index in [1.54, 1.807) is 0 Å². The number of carbonyl (C=O) groups excluding carboxylic acids is 2. The lowest BCUT2D eigenvalue weighted by atomic mass is 10.4. The predicted molar refractivity (Wildman–Crippen MR) is 55.6 cm³/mol. The molecule has 0 aliphatic heterocycles. The Hall–Kier alpha value is -1.18. The number of hydrogen-bond donors (Lipinski definition) is 4. The number of nitrogens with zero attached hydrogens (tertiary/aromatic N) is 1. The van der Waals surface area contributed by atoms with E-state index in [1.807, 2.05) is 0 Å². The SMILES string of the molecule is O=C(CO)N(CCCO)C(=O)NCCCO. The third-order valence-electron chi connectivity index (χ3n) is 1.83. The van der Waals surface area contributed by atoms with Gasteiger partial charge in [0.05, 0.1) is 0 Å². The second kappa shape index (κ2) is 9.08. The lowest BCUT2D eigenvalue weighted by Crippen LogP contribution is -2.46. The van der Waals surface area contributed by atoms with E-state index in [9.17, 15) is 9.59 Å². The first-order valence-corrected chi connectivity index (χ1v) is 5.08.